The third-order valence-electron chi connectivity index (χ3n) is 3.88. The summed E-state index contributed by atoms with van der Waals surface area (Å²) in [5, 5.41) is 0.546. The fourth-order valence-electron chi connectivity index (χ4n) is 2.60. The first-order chi connectivity index (χ1) is 11.6. The number of benzene rings is 2. The quantitative estimate of drug-likeness (QED) is 0.637. The summed E-state index contributed by atoms with van der Waals surface area (Å²) in [5.41, 5.74) is 12.4. The summed E-state index contributed by atoms with van der Waals surface area (Å²) in [6, 6.07) is 16.0. The zero-order chi connectivity index (χ0) is 16.9. The summed E-state index contributed by atoms with van der Waals surface area (Å²) in [7, 11) is 0. The molecule has 0 saturated carbocycles. The predicted molar refractivity (Wildman–Crippen MR) is 90.9 cm³/mol. The van der Waals surface area contributed by atoms with Crippen LogP contribution in [0.25, 0.3) is 0 Å². The maximum atomic E-state index is 12.4. The summed E-state index contributed by atoms with van der Waals surface area (Å²) >= 11 is 5.79. The highest BCUT2D eigenvalue weighted by Crippen LogP contribution is 2.24. The minimum atomic E-state index is -0.393. The van der Waals surface area contributed by atoms with E-state index in [9.17, 15) is 9.59 Å². The van der Waals surface area contributed by atoms with Crippen LogP contribution in [0.2, 0.25) is 5.02 Å². The second-order valence-corrected chi connectivity index (χ2v) is 5.91. The van der Waals surface area contributed by atoms with Crippen LogP contribution in [0.3, 0.4) is 0 Å². The minimum absolute atomic E-state index is 0.154. The third kappa shape index (κ3) is 3.73. The van der Waals surface area contributed by atoms with E-state index in [0.29, 0.717) is 17.1 Å². The summed E-state index contributed by atoms with van der Waals surface area (Å²) in [6.07, 6.45) is 0. The van der Waals surface area contributed by atoms with Crippen molar-refractivity contribution >= 4 is 23.4 Å². The Labute approximate surface area is 144 Å². The van der Waals surface area contributed by atoms with E-state index in [1.807, 2.05) is 30.3 Å². The Morgan fingerprint density at radius 2 is 1.71 bits per heavy atom. The van der Waals surface area contributed by atoms with Crippen LogP contribution in [0.4, 0.5) is 0 Å². The average Bonchev–Trinajstić information content (AvgIpc) is 3.10. The van der Waals surface area contributed by atoms with Crippen molar-refractivity contribution in [1.82, 2.24) is 21.7 Å². The zero-order valence-electron chi connectivity index (χ0n) is 12.8. The summed E-state index contributed by atoms with van der Waals surface area (Å²) in [4.78, 5) is 24.4. The molecule has 2 amide bonds. The first kappa shape index (κ1) is 16.4. The van der Waals surface area contributed by atoms with Gasteiger partial charge in [-0.05, 0) is 29.8 Å². The Morgan fingerprint density at radius 1 is 1.00 bits per heavy atom. The van der Waals surface area contributed by atoms with E-state index in [0.717, 1.165) is 5.56 Å². The lowest BCUT2D eigenvalue weighted by Crippen LogP contribution is -2.46. The molecule has 6 nitrogen and oxygen atoms in total. The lowest BCUT2D eigenvalue weighted by atomic mass is 9.94. The standard InChI is InChI=1S/C17H17ClN4O2/c18-13-8-6-12(7-9-13)16(23)21-22-17(24)14-10-19-20-15(14)11-4-2-1-3-5-11/h1-9,14-15,19-20H,10H2,(H,21,23)(H,22,24). The number of amides is 2. The van der Waals surface area contributed by atoms with Gasteiger partial charge in [0.05, 0.1) is 12.0 Å². The predicted octanol–water partition coefficient (Wildman–Crippen LogP) is 1.57. The molecule has 0 aromatic heterocycles. The van der Waals surface area contributed by atoms with Gasteiger partial charge >= 0.3 is 0 Å². The summed E-state index contributed by atoms with van der Waals surface area (Å²) in [5.74, 6) is -0.989. The molecule has 0 aliphatic carbocycles. The molecule has 2 aromatic carbocycles. The Hall–Kier alpha value is -2.41. The molecule has 2 atom stereocenters. The van der Waals surface area contributed by atoms with Gasteiger partial charge in [-0.15, -0.1) is 0 Å². The highest BCUT2D eigenvalue weighted by Gasteiger charge is 2.34. The zero-order valence-corrected chi connectivity index (χ0v) is 13.5. The van der Waals surface area contributed by atoms with Crippen molar-refractivity contribution in [3.63, 3.8) is 0 Å². The molecule has 4 N–H and O–H groups in total. The highest BCUT2D eigenvalue weighted by molar-refractivity contribution is 6.30. The van der Waals surface area contributed by atoms with Crippen molar-refractivity contribution < 1.29 is 9.59 Å². The molecule has 1 saturated heterocycles. The second-order valence-electron chi connectivity index (χ2n) is 5.47. The van der Waals surface area contributed by atoms with Crippen molar-refractivity contribution in [2.45, 2.75) is 6.04 Å². The Morgan fingerprint density at radius 3 is 2.42 bits per heavy atom. The average molecular weight is 345 g/mol. The largest absolute Gasteiger partial charge is 0.273 e. The smallest absolute Gasteiger partial charge is 0.269 e. The number of carbonyl (C=O) groups excluding carboxylic acids is 2. The van der Waals surface area contributed by atoms with Gasteiger partial charge < -0.3 is 0 Å². The molecule has 0 spiro atoms. The fourth-order valence-corrected chi connectivity index (χ4v) is 2.73. The van der Waals surface area contributed by atoms with Crippen LogP contribution in [0.15, 0.2) is 54.6 Å². The number of hydrogen-bond donors (Lipinski definition) is 4. The maximum Gasteiger partial charge on any atom is 0.269 e. The Kier molecular flexibility index (Phi) is 5.10. The second kappa shape index (κ2) is 7.44. The van der Waals surface area contributed by atoms with E-state index in [1.54, 1.807) is 24.3 Å². The van der Waals surface area contributed by atoms with Crippen molar-refractivity contribution in [3.05, 3.63) is 70.7 Å². The van der Waals surface area contributed by atoms with Gasteiger partial charge in [0.1, 0.15) is 0 Å². The third-order valence-corrected chi connectivity index (χ3v) is 4.13. The van der Waals surface area contributed by atoms with Crippen LogP contribution in [-0.4, -0.2) is 18.4 Å². The molecule has 2 aromatic rings. The van der Waals surface area contributed by atoms with Crippen molar-refractivity contribution in [2.24, 2.45) is 5.92 Å². The van der Waals surface area contributed by atoms with Gasteiger partial charge in [0.15, 0.2) is 0 Å². The molecule has 0 bridgehead atoms. The van der Waals surface area contributed by atoms with Crippen LogP contribution in [0, 0.1) is 5.92 Å². The molecular weight excluding hydrogens is 328 g/mol. The van der Waals surface area contributed by atoms with E-state index >= 15 is 0 Å². The lowest BCUT2D eigenvalue weighted by molar-refractivity contribution is -0.125. The molecule has 1 heterocycles. The number of hydrazine groups is 2. The van der Waals surface area contributed by atoms with E-state index in [1.165, 1.54) is 0 Å². The van der Waals surface area contributed by atoms with E-state index < -0.39 is 5.91 Å². The van der Waals surface area contributed by atoms with Crippen LogP contribution < -0.4 is 21.7 Å². The molecule has 2 unspecified atom stereocenters. The first-order valence-corrected chi connectivity index (χ1v) is 7.92. The van der Waals surface area contributed by atoms with Gasteiger partial charge in [0, 0.05) is 17.1 Å². The van der Waals surface area contributed by atoms with Crippen LogP contribution >= 0.6 is 11.6 Å². The molecule has 3 rings (SSSR count). The lowest BCUT2D eigenvalue weighted by Gasteiger charge is -2.18. The Balaban J connectivity index is 1.60. The van der Waals surface area contributed by atoms with E-state index in [4.69, 9.17) is 11.6 Å². The number of hydrogen-bond acceptors (Lipinski definition) is 4. The molecule has 1 aliphatic heterocycles. The van der Waals surface area contributed by atoms with Crippen LogP contribution in [0.1, 0.15) is 22.0 Å². The topological polar surface area (TPSA) is 82.3 Å². The molecule has 1 aliphatic rings. The minimum Gasteiger partial charge on any atom is -0.273 e. The van der Waals surface area contributed by atoms with Gasteiger partial charge in [-0.3, -0.25) is 25.9 Å². The van der Waals surface area contributed by atoms with Crippen molar-refractivity contribution in [2.75, 3.05) is 6.54 Å². The summed E-state index contributed by atoms with van der Waals surface area (Å²) < 4.78 is 0. The van der Waals surface area contributed by atoms with Crippen molar-refractivity contribution in [1.29, 1.82) is 0 Å². The van der Waals surface area contributed by atoms with Gasteiger partial charge in [-0.2, -0.15) is 0 Å². The van der Waals surface area contributed by atoms with Crippen molar-refractivity contribution in [3.8, 4) is 0 Å². The molecule has 24 heavy (non-hydrogen) atoms. The molecule has 1 fully saturated rings. The van der Waals surface area contributed by atoms with Gasteiger partial charge in [0.25, 0.3) is 5.91 Å². The molecule has 0 radical (unpaired) electrons. The number of nitrogens with one attached hydrogen (secondary N) is 4. The maximum absolute atomic E-state index is 12.4. The van der Waals surface area contributed by atoms with Gasteiger partial charge in [0.2, 0.25) is 5.91 Å². The number of rotatable bonds is 3. The highest BCUT2D eigenvalue weighted by atomic mass is 35.5. The van der Waals surface area contributed by atoms with E-state index in [-0.39, 0.29) is 17.9 Å². The number of halogens is 1. The normalized spacial score (nSPS) is 19.7. The monoisotopic (exact) mass is 344 g/mol. The Bertz CT molecular complexity index is 721. The summed E-state index contributed by atoms with van der Waals surface area (Å²) in [6.45, 7) is 0.474. The molecule has 7 heteroatoms. The van der Waals surface area contributed by atoms with E-state index in [2.05, 4.69) is 21.7 Å². The van der Waals surface area contributed by atoms with Crippen LogP contribution in [0.5, 0.6) is 0 Å². The molecule has 124 valence electrons. The molecular formula is C17H17ClN4O2. The van der Waals surface area contributed by atoms with Crippen LogP contribution in [-0.2, 0) is 4.79 Å². The first-order valence-electron chi connectivity index (χ1n) is 7.54. The van der Waals surface area contributed by atoms with Gasteiger partial charge in [-0.25, -0.2) is 5.43 Å². The number of carbonyl (C=O) groups is 2. The van der Waals surface area contributed by atoms with Gasteiger partial charge in [-0.1, -0.05) is 41.9 Å². The fraction of sp³-hybridized carbons (Fsp3) is 0.176. The SMILES string of the molecule is O=C(NNC(=O)C1CNNC1c1ccccc1)c1ccc(Cl)cc1.